The van der Waals surface area contributed by atoms with Crippen LogP contribution in [-0.2, 0) is 17.1 Å². The fourth-order valence-electron chi connectivity index (χ4n) is 5.13. The third-order valence-electron chi connectivity index (χ3n) is 7.39. The number of alkyl halides is 6. The number of carbonyl (C=O) groups excluding carboxylic acids is 2. The molecule has 0 bridgehead atoms. The molecule has 0 saturated carbocycles. The van der Waals surface area contributed by atoms with Crippen LogP contribution in [0.15, 0.2) is 36.4 Å². The third kappa shape index (κ3) is 5.77. The molecule has 0 N–H and O–H groups in total. The van der Waals surface area contributed by atoms with Crippen molar-refractivity contribution in [1.29, 1.82) is 0 Å². The summed E-state index contributed by atoms with van der Waals surface area (Å²) in [7, 11) is 1.13. The molecule has 5 rings (SSSR count). The standard InChI is InChI=1S/C26H25F7N4O4/c1-34(18-4-2-17(27)3-5-18)23(39)41-21-19(26(31,32)33)10-16(25(28,29)30)11-20(21)37-9-8-36(22(37)38)7-6-35-12-24(13-35)14-40-15-24/h2-5,10-11H,6-9,12-15H2,1H3. The summed E-state index contributed by atoms with van der Waals surface area (Å²) in [4.78, 5) is 31.0. The summed E-state index contributed by atoms with van der Waals surface area (Å²) in [5.74, 6) is -1.88. The van der Waals surface area contributed by atoms with Gasteiger partial charge in [-0.1, -0.05) is 0 Å². The van der Waals surface area contributed by atoms with Gasteiger partial charge in [-0.05, 0) is 36.4 Å². The van der Waals surface area contributed by atoms with Crippen molar-refractivity contribution in [2.45, 2.75) is 12.4 Å². The van der Waals surface area contributed by atoms with Crippen LogP contribution < -0.4 is 14.5 Å². The smallest absolute Gasteiger partial charge is 0.407 e. The first-order chi connectivity index (χ1) is 19.2. The van der Waals surface area contributed by atoms with Gasteiger partial charge in [-0.3, -0.25) is 9.80 Å². The predicted molar refractivity (Wildman–Crippen MR) is 131 cm³/mol. The SMILES string of the molecule is CN(C(=O)Oc1c(N2CCN(CCN3CC4(COC4)C3)C2=O)cc(C(F)(F)F)cc1C(F)(F)F)c1ccc(F)cc1. The Labute approximate surface area is 229 Å². The molecule has 2 aromatic carbocycles. The molecule has 0 aromatic heterocycles. The Morgan fingerprint density at radius 3 is 2.22 bits per heavy atom. The second-order valence-electron chi connectivity index (χ2n) is 10.4. The van der Waals surface area contributed by atoms with Gasteiger partial charge in [0, 0.05) is 57.4 Å². The van der Waals surface area contributed by atoms with Crippen molar-refractivity contribution < 1.29 is 49.8 Å². The van der Waals surface area contributed by atoms with E-state index in [0.29, 0.717) is 25.8 Å². The number of carbonyl (C=O) groups is 2. The van der Waals surface area contributed by atoms with Gasteiger partial charge in [-0.25, -0.2) is 14.0 Å². The molecule has 0 atom stereocenters. The highest BCUT2D eigenvalue weighted by atomic mass is 19.4. The van der Waals surface area contributed by atoms with Gasteiger partial charge in [0.2, 0.25) is 0 Å². The minimum Gasteiger partial charge on any atom is -0.407 e. The van der Waals surface area contributed by atoms with Gasteiger partial charge in [0.25, 0.3) is 0 Å². The summed E-state index contributed by atoms with van der Waals surface area (Å²) in [6.45, 7) is 3.38. The van der Waals surface area contributed by atoms with Gasteiger partial charge in [0.05, 0.1) is 24.5 Å². The van der Waals surface area contributed by atoms with Crippen molar-refractivity contribution in [3.05, 3.63) is 53.3 Å². The molecular weight excluding hydrogens is 565 g/mol. The lowest BCUT2D eigenvalue weighted by molar-refractivity contribution is -0.188. The number of nitrogens with zero attached hydrogens (tertiary/aromatic N) is 4. The number of urea groups is 1. The van der Waals surface area contributed by atoms with E-state index in [1.165, 1.54) is 4.90 Å². The van der Waals surface area contributed by atoms with E-state index in [1.54, 1.807) is 0 Å². The Balaban J connectivity index is 1.43. The average Bonchev–Trinajstić information content (AvgIpc) is 3.20. The van der Waals surface area contributed by atoms with Crippen LogP contribution in [0.3, 0.4) is 0 Å². The lowest BCUT2D eigenvalue weighted by Crippen LogP contribution is -2.66. The Kier molecular flexibility index (Phi) is 7.30. The van der Waals surface area contributed by atoms with E-state index in [2.05, 4.69) is 4.90 Å². The summed E-state index contributed by atoms with van der Waals surface area (Å²) in [6, 6.07) is 3.72. The Morgan fingerprint density at radius 1 is 1.00 bits per heavy atom. The van der Waals surface area contributed by atoms with Crippen molar-refractivity contribution in [1.82, 2.24) is 9.80 Å². The Hall–Kier alpha value is -3.59. The summed E-state index contributed by atoms with van der Waals surface area (Å²) in [5.41, 5.74) is -4.19. The van der Waals surface area contributed by atoms with Gasteiger partial charge in [0.15, 0.2) is 5.75 Å². The van der Waals surface area contributed by atoms with E-state index in [9.17, 15) is 40.3 Å². The lowest BCUT2D eigenvalue weighted by atomic mass is 9.78. The minimum absolute atomic E-state index is 0.0430. The Bertz CT molecular complexity index is 1320. The lowest BCUT2D eigenvalue weighted by Gasteiger charge is -2.55. The second kappa shape index (κ2) is 10.4. The summed E-state index contributed by atoms with van der Waals surface area (Å²) < 4.78 is 107. The van der Waals surface area contributed by atoms with Crippen LogP contribution in [0.4, 0.5) is 51.7 Å². The van der Waals surface area contributed by atoms with Gasteiger partial charge < -0.3 is 19.3 Å². The first-order valence-corrected chi connectivity index (χ1v) is 12.6. The van der Waals surface area contributed by atoms with E-state index in [0.717, 1.165) is 54.2 Å². The Morgan fingerprint density at radius 2 is 1.66 bits per heavy atom. The highest BCUT2D eigenvalue weighted by Crippen LogP contribution is 2.47. The van der Waals surface area contributed by atoms with Gasteiger partial charge >= 0.3 is 24.5 Å². The van der Waals surface area contributed by atoms with Gasteiger partial charge in [0.1, 0.15) is 11.4 Å². The number of anilines is 2. The first-order valence-electron chi connectivity index (χ1n) is 12.6. The van der Waals surface area contributed by atoms with Crippen LogP contribution >= 0.6 is 0 Å². The van der Waals surface area contributed by atoms with E-state index >= 15 is 0 Å². The highest BCUT2D eigenvalue weighted by Gasteiger charge is 2.49. The molecule has 3 saturated heterocycles. The molecule has 8 nitrogen and oxygen atoms in total. The molecule has 0 aliphatic carbocycles. The topological polar surface area (TPSA) is 65.6 Å². The number of hydrogen-bond donors (Lipinski definition) is 0. The van der Waals surface area contributed by atoms with Crippen LogP contribution in [0.5, 0.6) is 5.75 Å². The number of amides is 3. The molecule has 3 aliphatic heterocycles. The zero-order chi connectivity index (χ0) is 29.7. The molecule has 15 heteroatoms. The molecule has 41 heavy (non-hydrogen) atoms. The zero-order valence-corrected chi connectivity index (χ0v) is 21.7. The molecule has 1 spiro atoms. The van der Waals surface area contributed by atoms with Crippen molar-refractivity contribution >= 4 is 23.5 Å². The first kappa shape index (κ1) is 28.9. The molecule has 0 unspecified atom stereocenters. The number of hydrogen-bond acceptors (Lipinski definition) is 5. The zero-order valence-electron chi connectivity index (χ0n) is 21.7. The summed E-state index contributed by atoms with van der Waals surface area (Å²) >= 11 is 0. The highest BCUT2D eigenvalue weighted by molar-refractivity contribution is 5.97. The molecule has 2 aromatic rings. The monoisotopic (exact) mass is 590 g/mol. The molecule has 3 amide bonds. The maximum atomic E-state index is 14.1. The van der Waals surface area contributed by atoms with Crippen LogP contribution in [-0.4, -0.2) is 81.5 Å². The number of halogens is 7. The van der Waals surface area contributed by atoms with E-state index in [-0.39, 0.29) is 36.8 Å². The fourth-order valence-corrected chi connectivity index (χ4v) is 5.13. The predicted octanol–water partition coefficient (Wildman–Crippen LogP) is 5.07. The molecule has 3 fully saturated rings. The average molecular weight is 590 g/mol. The maximum Gasteiger partial charge on any atom is 0.420 e. The summed E-state index contributed by atoms with van der Waals surface area (Å²) in [5, 5.41) is 0. The molecule has 3 aliphatic rings. The van der Waals surface area contributed by atoms with Crippen molar-refractivity contribution in [2.24, 2.45) is 5.41 Å². The summed E-state index contributed by atoms with van der Waals surface area (Å²) in [6.07, 6.45) is -12.0. The maximum absolute atomic E-state index is 14.1. The minimum atomic E-state index is -5.37. The molecule has 222 valence electrons. The number of likely N-dealkylation sites (tertiary alicyclic amines) is 1. The fraction of sp³-hybridized carbons (Fsp3) is 0.462. The van der Waals surface area contributed by atoms with E-state index in [1.807, 2.05) is 0 Å². The van der Waals surface area contributed by atoms with Gasteiger partial charge in [-0.2, -0.15) is 26.3 Å². The van der Waals surface area contributed by atoms with Crippen LogP contribution in [0.1, 0.15) is 11.1 Å². The number of rotatable bonds is 6. The van der Waals surface area contributed by atoms with Crippen LogP contribution in [0.25, 0.3) is 0 Å². The molecule has 3 heterocycles. The van der Waals surface area contributed by atoms with Crippen LogP contribution in [0.2, 0.25) is 0 Å². The van der Waals surface area contributed by atoms with E-state index in [4.69, 9.17) is 9.47 Å². The van der Waals surface area contributed by atoms with Crippen molar-refractivity contribution in [3.8, 4) is 5.75 Å². The normalized spacial score (nSPS) is 18.9. The van der Waals surface area contributed by atoms with Crippen molar-refractivity contribution in [3.63, 3.8) is 0 Å². The third-order valence-corrected chi connectivity index (χ3v) is 7.39. The van der Waals surface area contributed by atoms with E-state index < -0.39 is 52.9 Å². The molecule has 0 radical (unpaired) electrons. The van der Waals surface area contributed by atoms with Gasteiger partial charge in [-0.15, -0.1) is 0 Å². The second-order valence-corrected chi connectivity index (χ2v) is 10.4. The number of benzene rings is 2. The van der Waals surface area contributed by atoms with Crippen LogP contribution in [0, 0.1) is 11.2 Å². The largest absolute Gasteiger partial charge is 0.420 e. The van der Waals surface area contributed by atoms with Crippen molar-refractivity contribution in [2.75, 3.05) is 69.3 Å². The number of ether oxygens (including phenoxy) is 2. The quantitative estimate of drug-likeness (QED) is 0.440. The molecular formula is C26H25F7N4O4.